The lowest BCUT2D eigenvalue weighted by Gasteiger charge is -2.16. The van der Waals surface area contributed by atoms with E-state index in [1.54, 1.807) is 4.90 Å². The lowest BCUT2D eigenvalue weighted by molar-refractivity contribution is 0.0960. The maximum absolute atomic E-state index is 12.7. The zero-order chi connectivity index (χ0) is 14.8. The number of fused-ring (bicyclic) bond motifs is 1. The van der Waals surface area contributed by atoms with Crippen molar-refractivity contribution in [2.45, 2.75) is 20.3 Å². The minimum absolute atomic E-state index is 0.189. The summed E-state index contributed by atoms with van der Waals surface area (Å²) in [5.74, 6) is 0.115. The summed E-state index contributed by atoms with van der Waals surface area (Å²) in [5.41, 5.74) is 1.58. The van der Waals surface area contributed by atoms with Crippen LogP contribution in [0.2, 0.25) is 0 Å². The summed E-state index contributed by atoms with van der Waals surface area (Å²) in [6, 6.07) is 7.85. The molecule has 0 atom stereocenters. The van der Waals surface area contributed by atoms with Gasteiger partial charge in [-0.15, -0.1) is 0 Å². The third-order valence-electron chi connectivity index (χ3n) is 3.25. The van der Waals surface area contributed by atoms with Crippen molar-refractivity contribution in [3.63, 3.8) is 0 Å². The average Bonchev–Trinajstić information content (AvgIpc) is 3.13. The highest BCUT2D eigenvalue weighted by Crippen LogP contribution is 2.29. The molecule has 0 saturated carbocycles. The van der Waals surface area contributed by atoms with Gasteiger partial charge in [0.1, 0.15) is 0 Å². The second-order valence-electron chi connectivity index (χ2n) is 4.50. The fourth-order valence-corrected chi connectivity index (χ4v) is 3.19. The zero-order valence-corrected chi connectivity index (χ0v) is 12.7. The number of hydrogen-bond donors (Lipinski definition) is 0. The molecule has 3 rings (SSSR count). The molecule has 0 fully saturated rings. The number of hydrogen-bond acceptors (Lipinski definition) is 5. The Balaban J connectivity index is 1.99. The predicted octanol–water partition coefficient (Wildman–Crippen LogP) is 3.51. The van der Waals surface area contributed by atoms with Crippen LogP contribution in [0.15, 0.2) is 35.1 Å². The predicted molar refractivity (Wildman–Crippen MR) is 82.9 cm³/mol. The lowest BCUT2D eigenvalue weighted by atomic mass is 10.2. The second kappa shape index (κ2) is 5.65. The van der Waals surface area contributed by atoms with E-state index in [4.69, 9.17) is 4.42 Å². The van der Waals surface area contributed by atoms with Gasteiger partial charge in [0, 0.05) is 6.54 Å². The average molecular weight is 301 g/mol. The number of oxazole rings is 1. The molecule has 0 aliphatic heterocycles. The Bertz CT molecular complexity index is 745. The first-order valence-electron chi connectivity index (χ1n) is 6.84. The number of aromatic nitrogens is 2. The molecule has 0 saturated heterocycles. The van der Waals surface area contributed by atoms with Crippen LogP contribution in [0, 0.1) is 0 Å². The number of benzene rings is 1. The maximum Gasteiger partial charge on any atom is 0.297 e. The number of nitrogens with zero attached hydrogens (tertiary/aromatic N) is 3. The number of anilines is 1. The van der Waals surface area contributed by atoms with Crippen LogP contribution in [0.4, 0.5) is 5.13 Å². The number of carbonyl (C=O) groups is 1. The van der Waals surface area contributed by atoms with Gasteiger partial charge in [-0.05, 0) is 25.5 Å². The monoisotopic (exact) mass is 301 g/mol. The quantitative estimate of drug-likeness (QED) is 0.740. The first-order valence-corrected chi connectivity index (χ1v) is 7.66. The number of aryl methyl sites for hydroxylation is 1. The Morgan fingerprint density at radius 2 is 2.14 bits per heavy atom. The number of carbonyl (C=O) groups excluding carboxylic acids is 1. The van der Waals surface area contributed by atoms with Gasteiger partial charge in [-0.3, -0.25) is 9.69 Å². The molecule has 1 aromatic carbocycles. The summed E-state index contributed by atoms with van der Waals surface area (Å²) in [5, 5.41) is 0.683. The van der Waals surface area contributed by atoms with Crippen LogP contribution in [-0.4, -0.2) is 22.4 Å². The van der Waals surface area contributed by atoms with E-state index in [-0.39, 0.29) is 5.91 Å². The summed E-state index contributed by atoms with van der Waals surface area (Å²) >= 11 is 1.50. The van der Waals surface area contributed by atoms with Gasteiger partial charge >= 0.3 is 0 Å². The van der Waals surface area contributed by atoms with E-state index in [0.29, 0.717) is 29.6 Å². The van der Waals surface area contributed by atoms with Gasteiger partial charge in [0.05, 0.1) is 15.9 Å². The molecule has 3 aromatic rings. The molecule has 0 aliphatic rings. The Kier molecular flexibility index (Phi) is 3.70. The van der Waals surface area contributed by atoms with Crippen molar-refractivity contribution >= 4 is 32.6 Å². The highest BCUT2D eigenvalue weighted by molar-refractivity contribution is 7.22. The fourth-order valence-electron chi connectivity index (χ4n) is 2.16. The molecule has 0 aliphatic carbocycles. The van der Waals surface area contributed by atoms with Gasteiger partial charge in [-0.1, -0.05) is 30.4 Å². The van der Waals surface area contributed by atoms with Crippen molar-refractivity contribution in [3.8, 4) is 0 Å². The molecule has 5 nitrogen and oxygen atoms in total. The van der Waals surface area contributed by atoms with E-state index >= 15 is 0 Å². The second-order valence-corrected chi connectivity index (χ2v) is 5.50. The standard InChI is InChI=1S/C15H15N3O2S/c1-3-10-13(20-9-16-10)14(19)18(4-2)15-17-11-7-5-6-8-12(11)21-15/h5-9H,3-4H2,1-2H3. The van der Waals surface area contributed by atoms with Crippen molar-refractivity contribution in [2.24, 2.45) is 0 Å². The van der Waals surface area contributed by atoms with Crippen molar-refractivity contribution in [3.05, 3.63) is 42.1 Å². The highest BCUT2D eigenvalue weighted by atomic mass is 32.1. The molecule has 21 heavy (non-hydrogen) atoms. The van der Waals surface area contributed by atoms with Crippen LogP contribution in [0.3, 0.4) is 0 Å². The smallest absolute Gasteiger partial charge is 0.297 e. The summed E-state index contributed by atoms with van der Waals surface area (Å²) < 4.78 is 6.33. The molecule has 2 heterocycles. The van der Waals surface area contributed by atoms with Gasteiger partial charge in [-0.2, -0.15) is 0 Å². The van der Waals surface area contributed by atoms with Crippen LogP contribution < -0.4 is 4.90 Å². The molecule has 0 N–H and O–H groups in total. The van der Waals surface area contributed by atoms with Crippen LogP contribution in [0.5, 0.6) is 0 Å². The zero-order valence-electron chi connectivity index (χ0n) is 11.9. The summed E-state index contributed by atoms with van der Waals surface area (Å²) in [6.07, 6.45) is 1.98. The molecule has 0 bridgehead atoms. The van der Waals surface area contributed by atoms with E-state index in [9.17, 15) is 4.79 Å². The Morgan fingerprint density at radius 3 is 2.86 bits per heavy atom. The van der Waals surface area contributed by atoms with E-state index in [2.05, 4.69) is 9.97 Å². The molecule has 2 aromatic heterocycles. The van der Waals surface area contributed by atoms with E-state index < -0.39 is 0 Å². The first kappa shape index (κ1) is 13.8. The van der Waals surface area contributed by atoms with Crippen molar-refractivity contribution < 1.29 is 9.21 Å². The van der Waals surface area contributed by atoms with E-state index in [1.807, 2.05) is 38.1 Å². The third kappa shape index (κ3) is 2.42. The third-order valence-corrected chi connectivity index (χ3v) is 4.30. The largest absolute Gasteiger partial charge is 0.438 e. The highest BCUT2D eigenvalue weighted by Gasteiger charge is 2.24. The van der Waals surface area contributed by atoms with Crippen molar-refractivity contribution in [1.82, 2.24) is 9.97 Å². The van der Waals surface area contributed by atoms with Crippen molar-refractivity contribution in [2.75, 3.05) is 11.4 Å². The molecule has 6 heteroatoms. The first-order chi connectivity index (χ1) is 10.2. The van der Waals surface area contributed by atoms with Gasteiger partial charge in [0.2, 0.25) is 5.76 Å². The van der Waals surface area contributed by atoms with Gasteiger partial charge in [0.15, 0.2) is 11.5 Å². The molecule has 0 spiro atoms. The Hall–Kier alpha value is -2.21. The molecular formula is C15H15N3O2S. The molecule has 108 valence electrons. The van der Waals surface area contributed by atoms with Crippen LogP contribution in [0.25, 0.3) is 10.2 Å². The van der Waals surface area contributed by atoms with Gasteiger partial charge < -0.3 is 4.42 Å². The van der Waals surface area contributed by atoms with E-state index in [1.165, 1.54) is 17.7 Å². The number of amides is 1. The molecule has 0 radical (unpaired) electrons. The fraction of sp³-hybridized carbons (Fsp3) is 0.267. The van der Waals surface area contributed by atoms with Gasteiger partial charge in [0.25, 0.3) is 5.91 Å². The lowest BCUT2D eigenvalue weighted by Crippen LogP contribution is -2.30. The summed E-state index contributed by atoms with van der Waals surface area (Å²) in [6.45, 7) is 4.40. The number of rotatable bonds is 4. The Morgan fingerprint density at radius 1 is 1.33 bits per heavy atom. The summed E-state index contributed by atoms with van der Waals surface area (Å²) in [7, 11) is 0. The minimum atomic E-state index is -0.189. The molecule has 1 amide bonds. The SMILES string of the molecule is CCc1ncoc1C(=O)N(CC)c1nc2ccccc2s1. The summed E-state index contributed by atoms with van der Waals surface area (Å²) in [4.78, 5) is 22.9. The Labute approximate surface area is 126 Å². The minimum Gasteiger partial charge on any atom is -0.438 e. The van der Waals surface area contributed by atoms with Gasteiger partial charge in [-0.25, -0.2) is 9.97 Å². The maximum atomic E-state index is 12.7. The normalized spacial score (nSPS) is 11.0. The molecular weight excluding hydrogens is 286 g/mol. The van der Waals surface area contributed by atoms with E-state index in [0.717, 1.165) is 10.2 Å². The van der Waals surface area contributed by atoms with Crippen molar-refractivity contribution in [1.29, 1.82) is 0 Å². The van der Waals surface area contributed by atoms with Crippen LogP contribution >= 0.6 is 11.3 Å². The van der Waals surface area contributed by atoms with Crippen LogP contribution in [0.1, 0.15) is 30.1 Å². The number of thiazole rings is 1. The topological polar surface area (TPSA) is 59.2 Å². The molecule has 0 unspecified atom stereocenters. The van der Waals surface area contributed by atoms with Crippen LogP contribution in [-0.2, 0) is 6.42 Å². The number of para-hydroxylation sites is 1.